The molecule has 0 amide bonds. The van der Waals surface area contributed by atoms with Gasteiger partial charge < -0.3 is 10.4 Å². The highest BCUT2D eigenvalue weighted by molar-refractivity contribution is 9.10. The average molecular weight is 426 g/mol. The molecule has 0 saturated heterocycles. The summed E-state index contributed by atoms with van der Waals surface area (Å²) in [6.45, 7) is 4.14. The third-order valence-electron chi connectivity index (χ3n) is 3.91. The fourth-order valence-electron chi connectivity index (χ4n) is 2.46. The molecule has 0 aliphatic rings. The predicted molar refractivity (Wildman–Crippen MR) is 107 cm³/mol. The lowest BCUT2D eigenvalue weighted by Gasteiger charge is -2.22. The van der Waals surface area contributed by atoms with Crippen molar-refractivity contribution in [2.24, 2.45) is 5.92 Å². The normalized spacial score (nSPS) is 12.2. The van der Waals surface area contributed by atoms with Crippen LogP contribution in [0.15, 0.2) is 41.0 Å². The largest absolute Gasteiger partial charge is 0.394 e. The van der Waals surface area contributed by atoms with Crippen molar-refractivity contribution < 1.29 is 5.11 Å². The maximum Gasteiger partial charge on any atom is 0.172 e. The highest BCUT2D eigenvalue weighted by atomic mass is 79.9. The number of aliphatic hydroxyl groups excluding tert-OH is 1. The number of fused-ring (bicyclic) bond motifs is 1. The van der Waals surface area contributed by atoms with Gasteiger partial charge in [0.05, 0.1) is 29.0 Å². The molecule has 0 unspecified atom stereocenters. The molecule has 3 aromatic rings. The highest BCUT2D eigenvalue weighted by Gasteiger charge is 2.17. The molecule has 134 valence electrons. The molecule has 25 heavy (non-hydrogen) atoms. The zero-order valence-electron chi connectivity index (χ0n) is 13.4. The molecule has 0 aliphatic heterocycles. The minimum atomic E-state index is -0.0855. The van der Waals surface area contributed by atoms with E-state index in [4.69, 9.17) is 11.6 Å². The van der Waals surface area contributed by atoms with Crippen molar-refractivity contribution in [3.63, 3.8) is 0 Å². The number of nitrogens with zero attached hydrogens (tertiary/aromatic N) is 3. The Kier molecular flexibility index (Phi) is 6.43. The Balaban J connectivity index is 0.00000225. The molecule has 5 nitrogen and oxygen atoms in total. The van der Waals surface area contributed by atoms with Crippen molar-refractivity contribution >= 4 is 39.0 Å². The van der Waals surface area contributed by atoms with Gasteiger partial charge in [0.2, 0.25) is 0 Å². The first kappa shape index (κ1) is 19.7. The zero-order valence-corrected chi connectivity index (χ0v) is 15.7. The van der Waals surface area contributed by atoms with Crippen LogP contribution >= 0.6 is 27.5 Å². The standard InChI is InChI=1S/C17H18BrClN4O.CH4/c1-10(2)15(9-24)21-16-7-14(11-5-3-4-6-13(11)19)22-17-12(18)8-20-23(16)17;/h3-8,10,15,21,24H,9H2,1-2H3;1H4/t15-;/m0./s1. The first-order valence-corrected chi connectivity index (χ1v) is 8.85. The van der Waals surface area contributed by atoms with Gasteiger partial charge in [-0.1, -0.05) is 51.1 Å². The van der Waals surface area contributed by atoms with Crippen LogP contribution < -0.4 is 5.32 Å². The first-order chi connectivity index (χ1) is 11.5. The van der Waals surface area contributed by atoms with Crippen molar-refractivity contribution in [1.29, 1.82) is 0 Å². The summed E-state index contributed by atoms with van der Waals surface area (Å²) in [7, 11) is 0. The Labute approximate surface area is 161 Å². The van der Waals surface area contributed by atoms with Crippen LogP contribution in [0.3, 0.4) is 0 Å². The van der Waals surface area contributed by atoms with E-state index in [-0.39, 0.29) is 26.0 Å². The smallest absolute Gasteiger partial charge is 0.172 e. The van der Waals surface area contributed by atoms with Gasteiger partial charge in [-0.2, -0.15) is 9.61 Å². The van der Waals surface area contributed by atoms with E-state index in [0.29, 0.717) is 10.7 Å². The molecule has 1 aromatic carbocycles. The Morgan fingerprint density at radius 3 is 2.68 bits per heavy atom. The quantitative estimate of drug-likeness (QED) is 0.612. The number of aliphatic hydroxyl groups is 1. The molecule has 2 heterocycles. The van der Waals surface area contributed by atoms with Gasteiger partial charge in [-0.15, -0.1) is 0 Å². The van der Waals surface area contributed by atoms with Crippen molar-refractivity contribution in [1.82, 2.24) is 14.6 Å². The van der Waals surface area contributed by atoms with E-state index in [2.05, 4.69) is 45.2 Å². The minimum Gasteiger partial charge on any atom is -0.394 e. The Morgan fingerprint density at radius 2 is 2.04 bits per heavy atom. The predicted octanol–water partition coefficient (Wildman–Crippen LogP) is 4.88. The van der Waals surface area contributed by atoms with Crippen LogP contribution in [-0.2, 0) is 0 Å². The van der Waals surface area contributed by atoms with Gasteiger partial charge in [-0.05, 0) is 27.9 Å². The van der Waals surface area contributed by atoms with Gasteiger partial charge in [0.15, 0.2) is 5.65 Å². The summed E-state index contributed by atoms with van der Waals surface area (Å²) >= 11 is 9.81. The second kappa shape index (κ2) is 8.17. The second-order valence-corrected chi connectivity index (χ2v) is 7.17. The minimum absolute atomic E-state index is 0. The van der Waals surface area contributed by atoms with Crippen molar-refractivity contribution in [2.75, 3.05) is 11.9 Å². The van der Waals surface area contributed by atoms with Crippen molar-refractivity contribution in [2.45, 2.75) is 27.3 Å². The molecule has 0 fully saturated rings. The summed E-state index contributed by atoms with van der Waals surface area (Å²) < 4.78 is 2.51. The fraction of sp³-hybridized carbons (Fsp3) is 0.333. The van der Waals surface area contributed by atoms with Gasteiger partial charge in [-0.25, -0.2) is 4.98 Å². The maximum atomic E-state index is 9.63. The van der Waals surface area contributed by atoms with E-state index >= 15 is 0 Å². The molecule has 2 N–H and O–H groups in total. The van der Waals surface area contributed by atoms with E-state index in [9.17, 15) is 5.11 Å². The molecule has 0 aliphatic carbocycles. The molecule has 2 aromatic heterocycles. The Hall–Kier alpha value is -1.63. The van der Waals surface area contributed by atoms with Gasteiger partial charge in [-0.3, -0.25) is 0 Å². The van der Waals surface area contributed by atoms with E-state index in [0.717, 1.165) is 21.5 Å². The Bertz CT molecular complexity index is 865. The van der Waals surface area contributed by atoms with Crippen molar-refractivity contribution in [3.05, 3.63) is 46.0 Å². The third-order valence-corrected chi connectivity index (χ3v) is 4.80. The third kappa shape index (κ3) is 3.97. The van der Waals surface area contributed by atoms with Gasteiger partial charge in [0.25, 0.3) is 0 Å². The summed E-state index contributed by atoms with van der Waals surface area (Å²) in [5.41, 5.74) is 2.29. The van der Waals surface area contributed by atoms with E-state index in [1.807, 2.05) is 30.3 Å². The zero-order chi connectivity index (χ0) is 17.3. The molecule has 7 heteroatoms. The van der Waals surface area contributed by atoms with Crippen molar-refractivity contribution in [3.8, 4) is 11.3 Å². The lowest BCUT2D eigenvalue weighted by molar-refractivity contribution is 0.249. The number of rotatable bonds is 5. The average Bonchev–Trinajstić information content (AvgIpc) is 2.94. The van der Waals surface area contributed by atoms with E-state index in [1.165, 1.54) is 0 Å². The van der Waals surface area contributed by atoms with Crippen LogP contribution in [0, 0.1) is 5.92 Å². The first-order valence-electron chi connectivity index (χ1n) is 7.68. The molecule has 1 atom stereocenters. The van der Waals surface area contributed by atoms with Crippen LogP contribution in [0.5, 0.6) is 0 Å². The lowest BCUT2D eigenvalue weighted by Crippen LogP contribution is -2.30. The number of anilines is 1. The molecular weight excluding hydrogens is 404 g/mol. The van der Waals surface area contributed by atoms with E-state index < -0.39 is 0 Å². The topological polar surface area (TPSA) is 62.5 Å². The Morgan fingerprint density at radius 1 is 1.32 bits per heavy atom. The van der Waals surface area contributed by atoms with Crippen LogP contribution in [-0.4, -0.2) is 32.4 Å². The molecule has 0 spiro atoms. The van der Waals surface area contributed by atoms with E-state index in [1.54, 1.807) is 10.7 Å². The number of halogens is 2. The van der Waals surface area contributed by atoms with Crippen LogP contribution in [0.1, 0.15) is 21.3 Å². The molecular formula is C18H22BrClN4O. The van der Waals surface area contributed by atoms with Gasteiger partial charge in [0.1, 0.15) is 5.82 Å². The second-order valence-electron chi connectivity index (χ2n) is 5.91. The van der Waals surface area contributed by atoms with Gasteiger partial charge in [0, 0.05) is 16.7 Å². The summed E-state index contributed by atoms with van der Waals surface area (Å²) in [5, 5.41) is 18.0. The molecule has 0 bridgehead atoms. The monoisotopic (exact) mass is 424 g/mol. The molecule has 0 saturated carbocycles. The molecule has 3 rings (SSSR count). The van der Waals surface area contributed by atoms with Gasteiger partial charge >= 0.3 is 0 Å². The number of aromatic nitrogens is 3. The summed E-state index contributed by atoms with van der Waals surface area (Å²) in [6, 6.07) is 9.40. The van der Waals surface area contributed by atoms with Crippen LogP contribution in [0.4, 0.5) is 5.82 Å². The molecule has 0 radical (unpaired) electrons. The summed E-state index contributed by atoms with van der Waals surface area (Å²) in [4.78, 5) is 4.67. The maximum absolute atomic E-state index is 9.63. The SMILES string of the molecule is C.CC(C)[C@H](CO)Nc1cc(-c2ccccc2Cl)nc2c(Br)cnn12. The lowest BCUT2D eigenvalue weighted by atomic mass is 10.1. The number of hydrogen-bond acceptors (Lipinski definition) is 4. The van der Waals surface area contributed by atoms with Crippen LogP contribution in [0.2, 0.25) is 5.02 Å². The summed E-state index contributed by atoms with van der Waals surface area (Å²) in [6.07, 6.45) is 1.70. The number of benzene rings is 1. The van der Waals surface area contributed by atoms with Crippen LogP contribution in [0.25, 0.3) is 16.9 Å². The highest BCUT2D eigenvalue weighted by Crippen LogP contribution is 2.30. The fourth-order valence-corrected chi connectivity index (χ4v) is 3.04. The summed E-state index contributed by atoms with van der Waals surface area (Å²) in [5.74, 6) is 1.02. The number of hydrogen-bond donors (Lipinski definition) is 2. The number of nitrogens with one attached hydrogen (secondary N) is 1.